The van der Waals surface area contributed by atoms with E-state index in [0.29, 0.717) is 43.1 Å². The predicted molar refractivity (Wildman–Crippen MR) is 127 cm³/mol. The number of amides is 2. The van der Waals surface area contributed by atoms with Gasteiger partial charge in [0.1, 0.15) is 11.5 Å². The number of nitrogens with zero attached hydrogens (tertiary/aromatic N) is 3. The molecule has 174 valence electrons. The second kappa shape index (κ2) is 8.82. The van der Waals surface area contributed by atoms with Crippen LogP contribution in [-0.2, 0) is 6.54 Å². The molecule has 0 spiro atoms. The first kappa shape index (κ1) is 21.9. The number of furan rings is 1. The van der Waals surface area contributed by atoms with E-state index in [-0.39, 0.29) is 23.7 Å². The first-order valence-corrected chi connectivity index (χ1v) is 11.4. The van der Waals surface area contributed by atoms with Crippen molar-refractivity contribution in [3.63, 3.8) is 0 Å². The molecule has 2 aromatic carbocycles. The summed E-state index contributed by atoms with van der Waals surface area (Å²) in [5.74, 6) is -0.613. The van der Waals surface area contributed by atoms with E-state index in [1.54, 1.807) is 16.1 Å². The van der Waals surface area contributed by atoms with Gasteiger partial charge >= 0.3 is 0 Å². The van der Waals surface area contributed by atoms with Crippen molar-refractivity contribution in [2.24, 2.45) is 0 Å². The molecular weight excluding hydrogens is 433 g/mol. The molecule has 2 amide bonds. The summed E-state index contributed by atoms with van der Waals surface area (Å²) in [6, 6.07) is 17.3. The minimum absolute atomic E-state index is 0.0840. The SMILES string of the molecule is Cc1ccc(Cn2c(C(=O)N3CCN(C(=O)c4ccc(F)cc4)[C@@H](C)C3)cc3ccoc32)cc1. The summed E-state index contributed by atoms with van der Waals surface area (Å²) in [7, 11) is 0. The van der Waals surface area contributed by atoms with Crippen LogP contribution in [0.2, 0.25) is 0 Å². The molecule has 5 rings (SSSR count). The number of hydrogen-bond donors (Lipinski definition) is 0. The fourth-order valence-electron chi connectivity index (χ4n) is 4.55. The van der Waals surface area contributed by atoms with E-state index in [4.69, 9.17) is 4.42 Å². The molecule has 0 saturated carbocycles. The Bertz CT molecular complexity index is 1340. The average Bonchev–Trinajstić information content (AvgIpc) is 3.42. The van der Waals surface area contributed by atoms with Crippen molar-refractivity contribution in [3.05, 3.63) is 95.1 Å². The summed E-state index contributed by atoms with van der Waals surface area (Å²) >= 11 is 0. The lowest BCUT2D eigenvalue weighted by Crippen LogP contribution is -2.55. The number of halogens is 1. The van der Waals surface area contributed by atoms with Crippen LogP contribution in [0.25, 0.3) is 11.1 Å². The van der Waals surface area contributed by atoms with Gasteiger partial charge in [0, 0.05) is 36.6 Å². The minimum Gasteiger partial charge on any atom is -0.448 e. The monoisotopic (exact) mass is 459 g/mol. The highest BCUT2D eigenvalue weighted by molar-refractivity contribution is 5.98. The molecule has 3 heterocycles. The largest absolute Gasteiger partial charge is 0.448 e. The van der Waals surface area contributed by atoms with Gasteiger partial charge in [0.15, 0.2) is 0 Å². The van der Waals surface area contributed by atoms with Gasteiger partial charge < -0.3 is 18.8 Å². The lowest BCUT2D eigenvalue weighted by molar-refractivity contribution is 0.0409. The lowest BCUT2D eigenvalue weighted by Gasteiger charge is -2.40. The van der Waals surface area contributed by atoms with Crippen molar-refractivity contribution in [3.8, 4) is 0 Å². The predicted octanol–water partition coefficient (Wildman–Crippen LogP) is 4.72. The number of rotatable bonds is 4. The van der Waals surface area contributed by atoms with Crippen LogP contribution in [0.1, 0.15) is 38.9 Å². The molecule has 0 N–H and O–H groups in total. The zero-order valence-electron chi connectivity index (χ0n) is 19.2. The molecule has 1 aliphatic heterocycles. The molecule has 34 heavy (non-hydrogen) atoms. The maximum Gasteiger partial charge on any atom is 0.270 e. The first-order chi connectivity index (χ1) is 16.4. The van der Waals surface area contributed by atoms with Gasteiger partial charge in [-0.3, -0.25) is 9.59 Å². The highest BCUT2D eigenvalue weighted by Gasteiger charge is 2.32. The number of piperazine rings is 1. The van der Waals surface area contributed by atoms with E-state index in [0.717, 1.165) is 10.9 Å². The van der Waals surface area contributed by atoms with Crippen molar-refractivity contribution in [1.29, 1.82) is 0 Å². The fraction of sp³-hybridized carbons (Fsp3) is 0.259. The summed E-state index contributed by atoms with van der Waals surface area (Å²) in [6.07, 6.45) is 1.63. The van der Waals surface area contributed by atoms with E-state index in [1.165, 1.54) is 29.8 Å². The Balaban J connectivity index is 1.35. The third kappa shape index (κ3) is 4.09. The number of benzene rings is 2. The summed E-state index contributed by atoms with van der Waals surface area (Å²) in [5, 5.41) is 0.883. The van der Waals surface area contributed by atoms with Crippen molar-refractivity contribution in [2.75, 3.05) is 19.6 Å². The van der Waals surface area contributed by atoms with Gasteiger partial charge in [-0.05, 0) is 55.8 Å². The van der Waals surface area contributed by atoms with Crippen molar-refractivity contribution < 1.29 is 18.4 Å². The molecule has 0 unspecified atom stereocenters. The molecule has 0 bridgehead atoms. The molecule has 1 atom stereocenters. The zero-order chi connectivity index (χ0) is 23.8. The van der Waals surface area contributed by atoms with E-state index in [1.807, 2.05) is 30.5 Å². The number of carbonyl (C=O) groups excluding carboxylic acids is 2. The first-order valence-electron chi connectivity index (χ1n) is 11.4. The van der Waals surface area contributed by atoms with Gasteiger partial charge in [-0.1, -0.05) is 29.8 Å². The van der Waals surface area contributed by atoms with Crippen LogP contribution in [0, 0.1) is 12.7 Å². The molecular formula is C27H26FN3O3. The summed E-state index contributed by atoms with van der Waals surface area (Å²) < 4.78 is 20.9. The Morgan fingerprint density at radius 1 is 1.00 bits per heavy atom. The number of hydrogen-bond acceptors (Lipinski definition) is 3. The zero-order valence-corrected chi connectivity index (χ0v) is 19.2. The van der Waals surface area contributed by atoms with Crippen molar-refractivity contribution in [2.45, 2.75) is 26.4 Å². The van der Waals surface area contributed by atoms with Gasteiger partial charge in [-0.2, -0.15) is 0 Å². The topological polar surface area (TPSA) is 58.7 Å². The number of aromatic nitrogens is 1. The van der Waals surface area contributed by atoms with E-state index in [2.05, 4.69) is 24.3 Å². The number of aryl methyl sites for hydroxylation is 1. The van der Waals surface area contributed by atoms with E-state index >= 15 is 0 Å². The third-order valence-corrected chi connectivity index (χ3v) is 6.45. The van der Waals surface area contributed by atoms with Gasteiger partial charge in [-0.25, -0.2) is 4.39 Å². The summed E-state index contributed by atoms with van der Waals surface area (Å²) in [5.41, 5.74) is 3.94. The molecule has 2 aromatic heterocycles. The molecule has 0 radical (unpaired) electrons. The van der Waals surface area contributed by atoms with Gasteiger partial charge in [0.25, 0.3) is 11.8 Å². The molecule has 0 aliphatic carbocycles. The van der Waals surface area contributed by atoms with Crippen LogP contribution in [0.4, 0.5) is 4.39 Å². The smallest absolute Gasteiger partial charge is 0.270 e. The molecule has 1 fully saturated rings. The standard InChI is InChI=1S/C27H26FN3O3/c1-18-3-5-20(6-4-18)17-31-24(15-22-11-14-34-27(22)31)26(33)29-12-13-30(19(2)16-29)25(32)21-7-9-23(28)10-8-21/h3-11,14-15,19H,12-13,16-17H2,1-2H3/t19-/m0/s1. The van der Waals surface area contributed by atoms with Crippen molar-refractivity contribution >= 4 is 22.9 Å². The lowest BCUT2D eigenvalue weighted by atomic mass is 10.1. The summed E-state index contributed by atoms with van der Waals surface area (Å²) in [6.45, 7) is 5.75. The Morgan fingerprint density at radius 2 is 1.74 bits per heavy atom. The van der Waals surface area contributed by atoms with E-state index < -0.39 is 0 Å². The molecule has 7 heteroatoms. The van der Waals surface area contributed by atoms with Gasteiger partial charge in [0.2, 0.25) is 5.71 Å². The Labute approximate surface area is 197 Å². The minimum atomic E-state index is -0.376. The van der Waals surface area contributed by atoms with Crippen LogP contribution in [0.15, 0.2) is 71.3 Å². The molecule has 4 aromatic rings. The highest BCUT2D eigenvalue weighted by atomic mass is 19.1. The fourth-order valence-corrected chi connectivity index (χ4v) is 4.55. The second-order valence-corrected chi connectivity index (χ2v) is 8.89. The van der Waals surface area contributed by atoms with Gasteiger partial charge in [0.05, 0.1) is 12.8 Å². The second-order valence-electron chi connectivity index (χ2n) is 8.89. The Hall–Kier alpha value is -3.87. The Kier molecular flexibility index (Phi) is 5.69. The quantitative estimate of drug-likeness (QED) is 0.444. The molecule has 1 saturated heterocycles. The van der Waals surface area contributed by atoms with Crippen LogP contribution in [0.5, 0.6) is 0 Å². The van der Waals surface area contributed by atoms with E-state index in [9.17, 15) is 14.0 Å². The third-order valence-electron chi connectivity index (χ3n) is 6.45. The van der Waals surface area contributed by atoms with Crippen LogP contribution in [0.3, 0.4) is 0 Å². The highest BCUT2D eigenvalue weighted by Crippen LogP contribution is 2.25. The van der Waals surface area contributed by atoms with Crippen LogP contribution < -0.4 is 0 Å². The maximum absolute atomic E-state index is 13.6. The maximum atomic E-state index is 13.6. The van der Waals surface area contributed by atoms with Crippen LogP contribution >= 0.6 is 0 Å². The molecule has 6 nitrogen and oxygen atoms in total. The van der Waals surface area contributed by atoms with Gasteiger partial charge in [-0.15, -0.1) is 0 Å². The Morgan fingerprint density at radius 3 is 2.44 bits per heavy atom. The number of carbonyl (C=O) groups is 2. The normalized spacial score (nSPS) is 16.3. The average molecular weight is 460 g/mol. The van der Waals surface area contributed by atoms with Crippen molar-refractivity contribution in [1.82, 2.24) is 14.4 Å². The molecule has 1 aliphatic rings. The van der Waals surface area contributed by atoms with Crippen LogP contribution in [-0.4, -0.2) is 51.9 Å². The summed E-state index contributed by atoms with van der Waals surface area (Å²) in [4.78, 5) is 30.0. The number of fused-ring (bicyclic) bond motifs is 1.